The first kappa shape index (κ1) is 18.5. The molecule has 0 N–H and O–H groups in total. The number of rotatable bonds is 6. The number of nitrogens with zero attached hydrogens (tertiary/aromatic N) is 1. The Morgan fingerprint density at radius 1 is 1.21 bits per heavy atom. The summed E-state index contributed by atoms with van der Waals surface area (Å²) in [6.07, 6.45) is 0.244. The van der Waals surface area contributed by atoms with Crippen LogP contribution in [-0.2, 0) is 22.6 Å². The molecule has 0 radical (unpaired) electrons. The van der Waals surface area contributed by atoms with Gasteiger partial charge in [0.1, 0.15) is 18.1 Å². The molecule has 7 heteroatoms. The van der Waals surface area contributed by atoms with Gasteiger partial charge in [0, 0.05) is 16.7 Å². The summed E-state index contributed by atoms with van der Waals surface area (Å²) in [7, 11) is 1.39. The molecule has 0 aliphatic carbocycles. The van der Waals surface area contributed by atoms with Crippen LogP contribution in [0.3, 0.4) is 0 Å². The molecule has 0 saturated carbocycles. The van der Waals surface area contributed by atoms with Gasteiger partial charge < -0.3 is 14.0 Å². The van der Waals surface area contributed by atoms with E-state index >= 15 is 0 Å². The molecule has 0 aliphatic rings. The summed E-state index contributed by atoms with van der Waals surface area (Å²) in [5, 5.41) is 7.70. The van der Waals surface area contributed by atoms with Crippen LogP contribution >= 0.6 is 22.9 Å². The molecule has 28 heavy (non-hydrogen) atoms. The van der Waals surface area contributed by atoms with E-state index in [1.165, 1.54) is 7.11 Å². The number of ether oxygens (including phenoxy) is 2. The number of esters is 1. The third kappa shape index (κ3) is 3.88. The average molecular weight is 414 g/mol. The zero-order valence-corrected chi connectivity index (χ0v) is 16.5. The molecular formula is C21H16ClNO4S. The van der Waals surface area contributed by atoms with E-state index in [0.717, 1.165) is 27.0 Å². The number of benzene rings is 2. The summed E-state index contributed by atoms with van der Waals surface area (Å²) >= 11 is 7.46. The second kappa shape index (κ2) is 8.04. The van der Waals surface area contributed by atoms with Crippen LogP contribution in [0.15, 0.2) is 58.4 Å². The quantitative estimate of drug-likeness (QED) is 0.390. The second-order valence-electron chi connectivity index (χ2n) is 6.12. The summed E-state index contributed by atoms with van der Waals surface area (Å²) < 4.78 is 17.1. The Morgan fingerprint density at radius 3 is 2.82 bits per heavy atom. The standard InChI is InChI=1S/C21H16ClNO4S/c1-25-20(24)9-14-12-28-21-17(14)3-2-4-18(21)26-11-16-10-19(27-23-16)13-5-7-15(22)8-6-13/h2-8,10,12H,9,11H2,1H3. The summed E-state index contributed by atoms with van der Waals surface area (Å²) in [5.41, 5.74) is 2.52. The summed E-state index contributed by atoms with van der Waals surface area (Å²) in [6.45, 7) is 0.278. The van der Waals surface area contributed by atoms with Crippen molar-refractivity contribution in [3.63, 3.8) is 0 Å². The third-order valence-corrected chi connectivity index (χ3v) is 5.58. The zero-order chi connectivity index (χ0) is 19.5. The number of carbonyl (C=O) groups excluding carboxylic acids is 1. The highest BCUT2D eigenvalue weighted by molar-refractivity contribution is 7.17. The van der Waals surface area contributed by atoms with Crippen LogP contribution in [0.25, 0.3) is 21.4 Å². The van der Waals surface area contributed by atoms with Crippen molar-refractivity contribution in [3.05, 3.63) is 70.2 Å². The number of hydrogen-bond acceptors (Lipinski definition) is 6. The van der Waals surface area contributed by atoms with Gasteiger partial charge in [-0.2, -0.15) is 0 Å². The number of fused-ring (bicyclic) bond motifs is 1. The maximum atomic E-state index is 11.6. The molecule has 0 saturated heterocycles. The van der Waals surface area contributed by atoms with Gasteiger partial charge in [-0.1, -0.05) is 28.9 Å². The number of thiophene rings is 1. The van der Waals surface area contributed by atoms with E-state index in [4.69, 9.17) is 25.6 Å². The van der Waals surface area contributed by atoms with Crippen LogP contribution in [0.2, 0.25) is 5.02 Å². The number of methoxy groups -OCH3 is 1. The minimum Gasteiger partial charge on any atom is -0.486 e. The predicted octanol–water partition coefficient (Wildman–Crippen LogP) is 5.50. The number of aromatic nitrogens is 1. The van der Waals surface area contributed by atoms with Crippen LogP contribution < -0.4 is 4.74 Å². The van der Waals surface area contributed by atoms with E-state index in [-0.39, 0.29) is 19.0 Å². The Bertz CT molecular complexity index is 1120. The Morgan fingerprint density at radius 2 is 2.04 bits per heavy atom. The molecule has 2 aromatic heterocycles. The minimum absolute atomic E-state index is 0.244. The van der Waals surface area contributed by atoms with E-state index < -0.39 is 0 Å². The lowest BCUT2D eigenvalue weighted by atomic mass is 10.1. The monoisotopic (exact) mass is 413 g/mol. The van der Waals surface area contributed by atoms with Crippen molar-refractivity contribution in [3.8, 4) is 17.1 Å². The largest absolute Gasteiger partial charge is 0.486 e. The van der Waals surface area contributed by atoms with Gasteiger partial charge in [0.25, 0.3) is 0 Å². The summed E-state index contributed by atoms with van der Waals surface area (Å²) in [4.78, 5) is 11.6. The van der Waals surface area contributed by atoms with E-state index in [1.54, 1.807) is 23.5 Å². The first-order valence-corrected chi connectivity index (χ1v) is 9.80. The molecule has 4 rings (SSSR count). The van der Waals surface area contributed by atoms with Crippen LogP contribution in [0.4, 0.5) is 0 Å². The molecule has 2 aromatic carbocycles. The second-order valence-corrected chi connectivity index (χ2v) is 7.44. The highest BCUT2D eigenvalue weighted by Crippen LogP contribution is 2.34. The topological polar surface area (TPSA) is 61.6 Å². The maximum Gasteiger partial charge on any atom is 0.310 e. The Hall–Kier alpha value is -2.83. The van der Waals surface area contributed by atoms with Gasteiger partial charge in [0.15, 0.2) is 5.76 Å². The molecule has 0 bridgehead atoms. The molecular weight excluding hydrogens is 398 g/mol. The van der Waals surface area contributed by atoms with Crippen molar-refractivity contribution < 1.29 is 18.8 Å². The van der Waals surface area contributed by atoms with Crippen molar-refractivity contribution in [2.75, 3.05) is 7.11 Å². The van der Waals surface area contributed by atoms with Crippen molar-refractivity contribution in [2.45, 2.75) is 13.0 Å². The average Bonchev–Trinajstić information content (AvgIpc) is 3.35. The van der Waals surface area contributed by atoms with Crippen molar-refractivity contribution in [1.82, 2.24) is 5.16 Å². The third-order valence-electron chi connectivity index (χ3n) is 4.27. The van der Waals surface area contributed by atoms with Gasteiger partial charge >= 0.3 is 5.97 Å². The first-order valence-electron chi connectivity index (χ1n) is 8.54. The van der Waals surface area contributed by atoms with Crippen molar-refractivity contribution >= 4 is 39.0 Å². The lowest BCUT2D eigenvalue weighted by Gasteiger charge is -2.05. The van der Waals surface area contributed by atoms with Gasteiger partial charge in [-0.3, -0.25) is 4.79 Å². The fraction of sp³-hybridized carbons (Fsp3) is 0.143. The SMILES string of the molecule is COC(=O)Cc1csc2c(OCc3cc(-c4ccc(Cl)cc4)on3)cccc12. The van der Waals surface area contributed by atoms with Crippen LogP contribution in [0, 0.1) is 0 Å². The van der Waals surface area contributed by atoms with Gasteiger partial charge in [0.05, 0.1) is 18.2 Å². The highest BCUT2D eigenvalue weighted by atomic mass is 35.5. The Labute approximate surface area is 170 Å². The fourth-order valence-electron chi connectivity index (χ4n) is 2.84. The smallest absolute Gasteiger partial charge is 0.310 e. The van der Waals surface area contributed by atoms with Crippen LogP contribution in [-0.4, -0.2) is 18.2 Å². The van der Waals surface area contributed by atoms with Gasteiger partial charge in [0.2, 0.25) is 0 Å². The molecule has 0 unspecified atom stereocenters. The first-order chi connectivity index (χ1) is 13.6. The molecule has 142 valence electrons. The number of carbonyl (C=O) groups is 1. The van der Waals surface area contributed by atoms with E-state index in [2.05, 4.69) is 5.16 Å². The van der Waals surface area contributed by atoms with E-state index in [0.29, 0.717) is 16.5 Å². The van der Waals surface area contributed by atoms with Crippen molar-refractivity contribution in [1.29, 1.82) is 0 Å². The fourth-order valence-corrected chi connectivity index (χ4v) is 4.01. The minimum atomic E-state index is -0.261. The van der Waals surface area contributed by atoms with Crippen molar-refractivity contribution in [2.24, 2.45) is 0 Å². The molecule has 5 nitrogen and oxygen atoms in total. The van der Waals surface area contributed by atoms with Crippen LogP contribution in [0.1, 0.15) is 11.3 Å². The Kier molecular flexibility index (Phi) is 5.32. The highest BCUT2D eigenvalue weighted by Gasteiger charge is 2.13. The predicted molar refractivity (Wildman–Crippen MR) is 109 cm³/mol. The van der Waals surface area contributed by atoms with Gasteiger partial charge in [-0.05, 0) is 46.7 Å². The van der Waals surface area contributed by atoms with E-state index in [1.807, 2.05) is 41.8 Å². The zero-order valence-electron chi connectivity index (χ0n) is 15.0. The lowest BCUT2D eigenvalue weighted by molar-refractivity contribution is -0.139. The summed E-state index contributed by atoms with van der Waals surface area (Å²) in [5.74, 6) is 1.14. The molecule has 0 aliphatic heterocycles. The molecule has 0 atom stereocenters. The van der Waals surface area contributed by atoms with Gasteiger partial charge in [-0.15, -0.1) is 11.3 Å². The summed E-state index contributed by atoms with van der Waals surface area (Å²) in [6, 6.07) is 15.0. The molecule has 0 spiro atoms. The molecule has 0 amide bonds. The Balaban J connectivity index is 1.50. The number of halogens is 1. The molecule has 2 heterocycles. The van der Waals surface area contributed by atoms with Gasteiger partial charge in [-0.25, -0.2) is 0 Å². The lowest BCUT2D eigenvalue weighted by Crippen LogP contribution is -2.03. The van der Waals surface area contributed by atoms with E-state index in [9.17, 15) is 4.79 Å². The number of hydrogen-bond donors (Lipinski definition) is 0. The van der Waals surface area contributed by atoms with Crippen LogP contribution in [0.5, 0.6) is 5.75 Å². The molecule has 0 fully saturated rings. The normalized spacial score (nSPS) is 10.9. The molecule has 4 aromatic rings. The maximum absolute atomic E-state index is 11.6.